The minimum Gasteiger partial charge on any atom is -0.396 e. The molecule has 8 amide bonds. The minimum atomic E-state index is -4.60. The first kappa shape index (κ1) is 103. The van der Waals surface area contributed by atoms with E-state index < -0.39 is 142 Å². The highest BCUT2D eigenvalue weighted by Gasteiger charge is 2.62. The average molecular weight is 1630 g/mol. The molecule has 4 heterocycles. The molecule has 0 bridgehead atoms. The number of piperidine rings is 1. The molecule has 10 N–H and O–H groups in total. The van der Waals surface area contributed by atoms with Crippen molar-refractivity contribution in [1.82, 2.24) is 57.2 Å². The SMILES string of the molecule is C=C(NC)C1(NC(=O)C(C)=O)CC(F)(F)C1.CC(=O)C(=O)CC1(CO)CCC1.CC(=O)C(=O)N1CCN(C)CC1.CC(=O)C(=O)NC1(C(F)(F)F)COC1.CC(=O)C(=O)NC1(C)CCCC1.CC(=O)C(=O)NC1(C)CCOCC1.CC(=O)C(=O)NC1(CO)CC1.CC(=O)C(=O)NC1CCCC1.CC(=O)C(=O)NC1CCN(C)CC1. The monoisotopic (exact) mass is 1630 g/mol. The van der Waals surface area contributed by atoms with Crippen molar-refractivity contribution in [2.45, 2.75) is 256 Å². The van der Waals surface area contributed by atoms with Gasteiger partial charge in [-0.3, -0.25) is 86.3 Å². The summed E-state index contributed by atoms with van der Waals surface area (Å²) in [5, 5.41) is 37.7. The Balaban J connectivity index is 0.000000643. The summed E-state index contributed by atoms with van der Waals surface area (Å²) in [4.78, 5) is 201. The van der Waals surface area contributed by atoms with Crippen molar-refractivity contribution >= 4 is 105 Å². The maximum atomic E-state index is 12.9. The zero-order valence-electron chi connectivity index (χ0n) is 68.3. The second-order valence-corrected chi connectivity index (χ2v) is 31.0. The Morgan fingerprint density at radius 3 is 1.16 bits per heavy atom. The third-order valence-corrected chi connectivity index (χ3v) is 20.4. The van der Waals surface area contributed by atoms with E-state index in [1.807, 2.05) is 20.9 Å². The molecule has 0 unspecified atom stereocenters. The fourth-order valence-corrected chi connectivity index (χ4v) is 12.0. The first-order valence-corrected chi connectivity index (χ1v) is 37.8. The van der Waals surface area contributed by atoms with Gasteiger partial charge in [0.15, 0.2) is 17.1 Å². The number of nitrogens with one attached hydrogen (secondary N) is 8. The fraction of sp³-hybridized carbons (Fsp3) is 0.737. The molecule has 4 aliphatic heterocycles. The number of nitrogens with zero attached hydrogens (tertiary/aromatic N) is 3. The third-order valence-electron chi connectivity index (χ3n) is 20.4. The lowest BCUT2D eigenvalue weighted by molar-refractivity contribution is -0.265. The molecule has 4 saturated heterocycles. The summed E-state index contributed by atoms with van der Waals surface area (Å²) in [6.45, 7) is 23.5. The summed E-state index contributed by atoms with van der Waals surface area (Å²) in [7, 11) is 5.60. The van der Waals surface area contributed by atoms with Crippen LogP contribution in [0.2, 0.25) is 0 Å². The number of likely N-dealkylation sites (N-methyl/N-ethyl adjacent to an activating group) is 2. The van der Waals surface area contributed by atoms with Gasteiger partial charge in [0.05, 0.1) is 30.9 Å². The summed E-state index contributed by atoms with van der Waals surface area (Å²) in [6, 6.07) is 0.444. The molecule has 646 valence electrons. The minimum absolute atomic E-state index is 0.0337. The number of Topliss-reactive ketones (excluding diaryl/α,β-unsaturated/α-hetero) is 10. The second kappa shape index (κ2) is 47.4. The van der Waals surface area contributed by atoms with Crippen molar-refractivity contribution in [1.29, 1.82) is 0 Å². The zero-order chi connectivity index (χ0) is 87.6. The van der Waals surface area contributed by atoms with Crippen molar-refractivity contribution in [3.8, 4) is 0 Å². The van der Waals surface area contributed by atoms with E-state index in [-0.39, 0.29) is 71.4 Å². The van der Waals surface area contributed by atoms with Crippen LogP contribution in [0.4, 0.5) is 22.0 Å². The molecule has 0 aromatic rings. The van der Waals surface area contributed by atoms with Crippen LogP contribution in [0.5, 0.6) is 0 Å². The molecule has 38 heteroatoms. The number of piperazine rings is 1. The van der Waals surface area contributed by atoms with Crippen LogP contribution < -0.4 is 42.5 Å². The molecule has 5 aliphatic carbocycles. The van der Waals surface area contributed by atoms with Crippen molar-refractivity contribution in [2.75, 3.05) is 100 Å². The van der Waals surface area contributed by atoms with E-state index >= 15 is 0 Å². The molecule has 33 nitrogen and oxygen atoms in total. The van der Waals surface area contributed by atoms with Crippen molar-refractivity contribution in [3.05, 3.63) is 12.3 Å². The molecular weight excluding hydrogens is 1510 g/mol. The maximum Gasteiger partial charge on any atom is 0.416 e. The highest BCUT2D eigenvalue weighted by molar-refractivity contribution is 6.38. The van der Waals surface area contributed by atoms with Crippen LogP contribution in [-0.4, -0.2) is 282 Å². The Hall–Kier alpha value is -8.59. The molecule has 9 fully saturated rings. The number of carbonyl (C=O) groups is 18. The largest absolute Gasteiger partial charge is 0.416 e. The van der Waals surface area contributed by atoms with E-state index in [1.54, 1.807) is 10.2 Å². The summed E-state index contributed by atoms with van der Waals surface area (Å²) in [5.74, 6) is -12.6. The van der Waals surface area contributed by atoms with E-state index in [2.05, 4.69) is 65.4 Å². The molecule has 0 atom stereocenters. The van der Waals surface area contributed by atoms with E-state index in [0.29, 0.717) is 26.3 Å². The number of ether oxygens (including phenoxy) is 2. The number of halogens is 5. The topological polar surface area (TPSA) is 472 Å². The van der Waals surface area contributed by atoms with Gasteiger partial charge in [0.25, 0.3) is 53.2 Å². The maximum absolute atomic E-state index is 12.9. The Kier molecular flexibility index (Phi) is 43.0. The first-order valence-electron chi connectivity index (χ1n) is 37.8. The molecule has 5 saturated carbocycles. The molecule has 0 radical (unpaired) electrons. The number of aliphatic hydroxyl groups is 2. The highest BCUT2D eigenvalue weighted by Crippen LogP contribution is 2.48. The first-order chi connectivity index (χ1) is 52.7. The summed E-state index contributed by atoms with van der Waals surface area (Å²) in [5.41, 5.74) is -4.40. The van der Waals surface area contributed by atoms with Crippen LogP contribution in [0.15, 0.2) is 12.3 Å². The van der Waals surface area contributed by atoms with Gasteiger partial charge in [-0.2, -0.15) is 13.2 Å². The summed E-state index contributed by atoms with van der Waals surface area (Å²) >= 11 is 0. The number of alkyl halides is 5. The van der Waals surface area contributed by atoms with Crippen LogP contribution in [-0.2, 0) is 95.8 Å². The van der Waals surface area contributed by atoms with Gasteiger partial charge < -0.3 is 76.9 Å². The van der Waals surface area contributed by atoms with Gasteiger partial charge in [0.2, 0.25) is 46.3 Å². The smallest absolute Gasteiger partial charge is 0.396 e. The summed E-state index contributed by atoms with van der Waals surface area (Å²) in [6.07, 6.45) is 11.0. The Bertz CT molecular complexity index is 3370. The molecule has 114 heavy (non-hydrogen) atoms. The predicted octanol–water partition coefficient (Wildman–Crippen LogP) is 1.58. The number of aliphatic hydroxyl groups excluding tert-OH is 2. The van der Waals surface area contributed by atoms with Crippen LogP contribution in [0, 0.1) is 5.41 Å². The van der Waals surface area contributed by atoms with Crippen LogP contribution in [0.1, 0.15) is 205 Å². The van der Waals surface area contributed by atoms with Gasteiger partial charge in [-0.1, -0.05) is 38.7 Å². The predicted molar refractivity (Wildman–Crippen MR) is 402 cm³/mol. The van der Waals surface area contributed by atoms with Crippen LogP contribution >= 0.6 is 0 Å². The van der Waals surface area contributed by atoms with E-state index in [1.165, 1.54) is 68.4 Å². The van der Waals surface area contributed by atoms with Crippen LogP contribution in [0.25, 0.3) is 0 Å². The highest BCUT2D eigenvalue weighted by atomic mass is 19.4. The lowest BCUT2D eigenvalue weighted by atomic mass is 9.66. The van der Waals surface area contributed by atoms with Gasteiger partial charge in [-0.25, -0.2) is 8.78 Å². The quantitative estimate of drug-likeness (QED) is 0.0543. The van der Waals surface area contributed by atoms with Gasteiger partial charge in [-0.15, -0.1) is 0 Å². The molecule has 9 aliphatic rings. The lowest BCUT2D eigenvalue weighted by Crippen LogP contribution is -2.71. The zero-order valence-corrected chi connectivity index (χ0v) is 68.3. The average Bonchev–Trinajstić information content (AvgIpc) is 1.01. The molecule has 0 aromatic carbocycles. The number of amides is 8. The number of ketones is 10. The molecule has 0 spiro atoms. The van der Waals surface area contributed by atoms with Crippen molar-refractivity contribution < 1.29 is 128 Å². The molecule has 9 rings (SSSR count). The Labute approximate surface area is 662 Å². The standard InChI is InChI=1S/C10H14F2N2O2.C9H16N2O2.C9H15NO3.C9H15NO2.C9H14O3.C8H14N2O2.C8H13NO2.C7H8F3NO3.C7H11NO3/c1-6(15)8(16)14-9(7(2)13-3)4-10(11,12)5-9;1-7(12)9(13)10-8-3-5-11(2)6-4-8;1-7(11)8(12)10-9(2)3-5-13-6-4-9;1-7(11)8(12)10-9(2)5-3-4-6-9;1-7(11)8(12)5-9(6-10)3-2-4-9;1-7(11)8(12)10-5-3-9(2)4-6-10;1-6(10)8(11)9-7-4-2-3-5-7;1-4(12)5(13)11-6(2-14-3-6)7(8,9)10;1-5(10)6(11)8-7(4-9)2-3-7/h13H,2,4-5H2,1,3H3,(H,14,16);8H,3-6H2,1-2H3,(H,10,13);3-6H2,1-2H3,(H,10,12);3-6H2,1-2H3,(H,10,12);10H,2-6H2,1H3;3-6H2,1-2H3;7H,2-5H2,1H3,(H,9,11);2-3H2,1H3,(H,11,13);9H,2-4H2,1H3,(H,8,11). The normalized spacial score (nSPS) is 19.8. The Morgan fingerprint density at radius 2 is 0.833 bits per heavy atom. The molecular formula is C76H120F5N11O22. The van der Waals surface area contributed by atoms with Gasteiger partial charge in [0, 0.05) is 169 Å². The number of carbonyl (C=O) groups excluding carboxylic acids is 18. The summed E-state index contributed by atoms with van der Waals surface area (Å²) < 4.78 is 72.4. The van der Waals surface area contributed by atoms with E-state index in [9.17, 15) is 108 Å². The van der Waals surface area contributed by atoms with E-state index in [0.717, 1.165) is 136 Å². The number of hydrogen-bond acceptors (Lipinski definition) is 25. The van der Waals surface area contributed by atoms with Crippen molar-refractivity contribution in [3.63, 3.8) is 0 Å². The fourth-order valence-electron chi connectivity index (χ4n) is 12.0. The Morgan fingerprint density at radius 1 is 0.447 bits per heavy atom. The third kappa shape index (κ3) is 36.9. The second-order valence-electron chi connectivity index (χ2n) is 31.0. The number of likely N-dealkylation sites (tertiary alicyclic amines) is 1. The number of rotatable bonds is 22. The molecule has 0 aromatic heterocycles. The van der Waals surface area contributed by atoms with Gasteiger partial charge in [0.1, 0.15) is 0 Å². The lowest BCUT2D eigenvalue weighted by Gasteiger charge is -2.48. The van der Waals surface area contributed by atoms with E-state index in [4.69, 9.17) is 14.9 Å². The number of hydrogen-bond donors (Lipinski definition) is 10. The van der Waals surface area contributed by atoms with Crippen molar-refractivity contribution in [2.24, 2.45) is 5.41 Å². The van der Waals surface area contributed by atoms with Gasteiger partial charge in [-0.05, 0) is 118 Å². The van der Waals surface area contributed by atoms with Crippen LogP contribution in [0.3, 0.4) is 0 Å². The van der Waals surface area contributed by atoms with Gasteiger partial charge >= 0.3 is 6.18 Å².